The molecule has 1 aromatic rings. The van der Waals surface area contributed by atoms with Gasteiger partial charge in [-0.3, -0.25) is 0 Å². The van der Waals surface area contributed by atoms with Gasteiger partial charge in [-0.25, -0.2) is 0 Å². The van der Waals surface area contributed by atoms with Gasteiger partial charge in [0.2, 0.25) is 0 Å². The van der Waals surface area contributed by atoms with Crippen molar-refractivity contribution in [2.24, 2.45) is 5.41 Å². The molecule has 0 heterocycles. The maximum Gasteiger partial charge on any atom is 0.0253 e. The zero-order valence-electron chi connectivity index (χ0n) is 9.13. The first-order valence-corrected chi connectivity index (χ1v) is 6.02. The molecule has 1 aliphatic carbocycles. The lowest BCUT2D eigenvalue weighted by atomic mass is 9.83. The van der Waals surface area contributed by atoms with Gasteiger partial charge in [0.15, 0.2) is 0 Å². The molecule has 0 aromatic heterocycles. The first-order chi connectivity index (χ1) is 7.08. The molecule has 2 rings (SSSR count). The van der Waals surface area contributed by atoms with Crippen LogP contribution in [0.15, 0.2) is 47.0 Å². The largest absolute Gasteiger partial charge is 0.0779 e. The third kappa shape index (κ3) is 2.40. The molecule has 15 heavy (non-hydrogen) atoms. The first-order valence-electron chi connectivity index (χ1n) is 5.23. The summed E-state index contributed by atoms with van der Waals surface area (Å²) in [6.07, 6.45) is 7.95. The van der Waals surface area contributed by atoms with Crippen molar-refractivity contribution in [2.45, 2.75) is 20.3 Å². The van der Waals surface area contributed by atoms with Crippen LogP contribution < -0.4 is 0 Å². The smallest absolute Gasteiger partial charge is 0.0253 e. The zero-order valence-corrected chi connectivity index (χ0v) is 10.7. The highest BCUT2D eigenvalue weighted by Crippen LogP contribution is 2.34. The SMILES string of the molecule is CC1(C)C=CC(c2ccccc2Br)=CC1. The van der Waals surface area contributed by atoms with Gasteiger partial charge in [0.05, 0.1) is 0 Å². The van der Waals surface area contributed by atoms with Crippen LogP contribution >= 0.6 is 15.9 Å². The van der Waals surface area contributed by atoms with E-state index in [9.17, 15) is 0 Å². The highest BCUT2D eigenvalue weighted by molar-refractivity contribution is 9.10. The van der Waals surface area contributed by atoms with Gasteiger partial charge < -0.3 is 0 Å². The summed E-state index contributed by atoms with van der Waals surface area (Å²) in [5, 5.41) is 0. The minimum atomic E-state index is 0.310. The van der Waals surface area contributed by atoms with Crippen LogP contribution in [0.4, 0.5) is 0 Å². The van der Waals surface area contributed by atoms with Crippen molar-refractivity contribution in [3.63, 3.8) is 0 Å². The van der Waals surface area contributed by atoms with Gasteiger partial charge in [-0.15, -0.1) is 0 Å². The van der Waals surface area contributed by atoms with E-state index >= 15 is 0 Å². The normalized spacial score (nSPS) is 18.7. The molecular formula is C14H15Br. The van der Waals surface area contributed by atoms with Crippen LogP contribution in [0, 0.1) is 5.41 Å². The third-order valence-electron chi connectivity index (χ3n) is 2.75. The molecule has 0 unspecified atom stereocenters. The second-order valence-corrected chi connectivity index (χ2v) is 5.52. The molecule has 0 amide bonds. The summed E-state index contributed by atoms with van der Waals surface area (Å²) in [6.45, 7) is 4.52. The van der Waals surface area contributed by atoms with Crippen LogP contribution in [0.25, 0.3) is 5.57 Å². The standard InChI is InChI=1S/C14H15Br/c1-14(2)9-7-11(8-10-14)12-5-3-4-6-13(12)15/h3-9H,10H2,1-2H3. The van der Waals surface area contributed by atoms with Gasteiger partial charge in [0.25, 0.3) is 0 Å². The molecule has 0 saturated heterocycles. The second-order valence-electron chi connectivity index (χ2n) is 4.67. The van der Waals surface area contributed by atoms with Gasteiger partial charge in [0.1, 0.15) is 0 Å². The lowest BCUT2D eigenvalue weighted by Crippen LogP contribution is -2.08. The van der Waals surface area contributed by atoms with Crippen LogP contribution in [0.3, 0.4) is 0 Å². The fourth-order valence-corrected chi connectivity index (χ4v) is 2.23. The van der Waals surface area contributed by atoms with E-state index in [4.69, 9.17) is 0 Å². The van der Waals surface area contributed by atoms with Crippen molar-refractivity contribution in [1.82, 2.24) is 0 Å². The minimum Gasteiger partial charge on any atom is -0.0779 e. The Bertz CT molecular complexity index is 425. The molecule has 0 aliphatic heterocycles. The van der Waals surface area contributed by atoms with Crippen LogP contribution in [-0.4, -0.2) is 0 Å². The van der Waals surface area contributed by atoms with Crippen molar-refractivity contribution in [1.29, 1.82) is 0 Å². The lowest BCUT2D eigenvalue weighted by molar-refractivity contribution is 0.485. The van der Waals surface area contributed by atoms with E-state index in [0.717, 1.165) is 6.42 Å². The van der Waals surface area contributed by atoms with E-state index in [-0.39, 0.29) is 0 Å². The number of hydrogen-bond donors (Lipinski definition) is 0. The monoisotopic (exact) mass is 262 g/mol. The predicted molar refractivity (Wildman–Crippen MR) is 69.7 cm³/mol. The molecule has 1 aliphatic rings. The summed E-state index contributed by atoms with van der Waals surface area (Å²) in [5.41, 5.74) is 2.91. The Kier molecular flexibility index (Phi) is 2.83. The highest BCUT2D eigenvalue weighted by atomic mass is 79.9. The molecule has 1 heteroatoms. The van der Waals surface area contributed by atoms with E-state index in [1.165, 1.54) is 15.6 Å². The Labute approximate surface area is 99.8 Å². The molecule has 0 atom stereocenters. The summed E-state index contributed by atoms with van der Waals surface area (Å²) in [7, 11) is 0. The Morgan fingerprint density at radius 1 is 1.20 bits per heavy atom. The molecule has 0 N–H and O–H groups in total. The van der Waals surface area contributed by atoms with Crippen molar-refractivity contribution in [3.8, 4) is 0 Å². The molecular weight excluding hydrogens is 248 g/mol. The second kappa shape index (κ2) is 3.97. The Balaban J connectivity index is 2.32. The number of halogens is 1. The van der Waals surface area contributed by atoms with Crippen molar-refractivity contribution < 1.29 is 0 Å². The Morgan fingerprint density at radius 3 is 2.53 bits per heavy atom. The van der Waals surface area contributed by atoms with Crippen LogP contribution in [0.5, 0.6) is 0 Å². The van der Waals surface area contributed by atoms with Crippen molar-refractivity contribution in [2.75, 3.05) is 0 Å². The fourth-order valence-electron chi connectivity index (χ4n) is 1.72. The van der Waals surface area contributed by atoms with E-state index < -0.39 is 0 Å². The fraction of sp³-hybridized carbons (Fsp3) is 0.286. The summed E-state index contributed by atoms with van der Waals surface area (Å²) < 4.78 is 1.17. The van der Waals surface area contributed by atoms with E-state index in [1.54, 1.807) is 0 Å². The summed E-state index contributed by atoms with van der Waals surface area (Å²) in [6, 6.07) is 8.36. The summed E-state index contributed by atoms with van der Waals surface area (Å²) in [5.74, 6) is 0. The quantitative estimate of drug-likeness (QED) is 0.681. The minimum absolute atomic E-state index is 0.310. The Hall–Kier alpha value is -0.820. The van der Waals surface area contributed by atoms with E-state index in [1.807, 2.05) is 6.07 Å². The van der Waals surface area contributed by atoms with Crippen molar-refractivity contribution in [3.05, 3.63) is 52.5 Å². The average molecular weight is 263 g/mol. The topological polar surface area (TPSA) is 0 Å². The number of rotatable bonds is 1. The maximum atomic E-state index is 3.59. The first kappa shape index (κ1) is 10.7. The predicted octanol–water partition coefficient (Wildman–Crippen LogP) is 4.82. The van der Waals surface area contributed by atoms with E-state index in [2.05, 4.69) is 66.2 Å². The molecule has 0 spiro atoms. The summed E-state index contributed by atoms with van der Waals surface area (Å²) in [4.78, 5) is 0. The molecule has 0 bridgehead atoms. The van der Waals surface area contributed by atoms with Gasteiger partial charge >= 0.3 is 0 Å². The van der Waals surface area contributed by atoms with Gasteiger partial charge in [-0.05, 0) is 29.0 Å². The van der Waals surface area contributed by atoms with Crippen LogP contribution in [0.2, 0.25) is 0 Å². The zero-order chi connectivity index (χ0) is 10.9. The van der Waals surface area contributed by atoms with Gasteiger partial charge in [0, 0.05) is 4.47 Å². The van der Waals surface area contributed by atoms with Gasteiger partial charge in [-0.2, -0.15) is 0 Å². The van der Waals surface area contributed by atoms with Crippen LogP contribution in [0.1, 0.15) is 25.8 Å². The molecule has 0 nitrogen and oxygen atoms in total. The average Bonchev–Trinajstić information content (AvgIpc) is 2.19. The maximum absolute atomic E-state index is 3.59. The number of allylic oxidation sites excluding steroid dienone is 4. The van der Waals surface area contributed by atoms with Crippen molar-refractivity contribution >= 4 is 21.5 Å². The number of benzene rings is 1. The molecule has 0 radical (unpaired) electrons. The third-order valence-corrected chi connectivity index (χ3v) is 3.44. The van der Waals surface area contributed by atoms with Gasteiger partial charge in [-0.1, -0.05) is 66.2 Å². The highest BCUT2D eigenvalue weighted by Gasteiger charge is 2.16. The number of hydrogen-bond acceptors (Lipinski definition) is 0. The molecule has 78 valence electrons. The summed E-state index contributed by atoms with van der Waals surface area (Å²) >= 11 is 3.59. The van der Waals surface area contributed by atoms with Crippen LogP contribution in [-0.2, 0) is 0 Å². The Morgan fingerprint density at radius 2 is 1.93 bits per heavy atom. The molecule has 0 fully saturated rings. The molecule has 0 saturated carbocycles. The molecule has 1 aromatic carbocycles. The van der Waals surface area contributed by atoms with E-state index in [0.29, 0.717) is 5.41 Å². The lowest BCUT2D eigenvalue weighted by Gasteiger charge is -2.23.